The number of para-hydroxylation sites is 1. The molecule has 0 saturated carbocycles. The van der Waals surface area contributed by atoms with Gasteiger partial charge >= 0.3 is 0 Å². The lowest BCUT2D eigenvalue weighted by Crippen LogP contribution is -2.42. The number of halogens is 1. The average molecular weight is 408 g/mol. The lowest BCUT2D eigenvalue weighted by atomic mass is 10.1. The van der Waals surface area contributed by atoms with E-state index in [0.717, 1.165) is 60.5 Å². The summed E-state index contributed by atoms with van der Waals surface area (Å²) in [6.07, 6.45) is 9.50. The van der Waals surface area contributed by atoms with Crippen LogP contribution in [-0.2, 0) is 6.54 Å². The van der Waals surface area contributed by atoms with Crippen LogP contribution >= 0.6 is 11.6 Å². The second kappa shape index (κ2) is 7.85. The number of likely N-dealkylation sites (tertiary alicyclic amines) is 1. The summed E-state index contributed by atoms with van der Waals surface area (Å²) in [7, 11) is 0. The Morgan fingerprint density at radius 3 is 3.03 bits per heavy atom. The van der Waals surface area contributed by atoms with Crippen molar-refractivity contribution in [3.63, 3.8) is 0 Å². The molecule has 5 rings (SSSR count). The molecule has 1 aliphatic rings. The number of hydrogen-bond acceptors (Lipinski definition) is 5. The van der Waals surface area contributed by atoms with E-state index in [2.05, 4.69) is 36.2 Å². The number of benzene rings is 1. The number of nitrogens with one attached hydrogen (secondary N) is 3. The minimum Gasteiger partial charge on any atom is -0.360 e. The molecule has 29 heavy (non-hydrogen) atoms. The number of H-pyrrole nitrogens is 2. The van der Waals surface area contributed by atoms with Gasteiger partial charge in [0.15, 0.2) is 0 Å². The van der Waals surface area contributed by atoms with E-state index in [4.69, 9.17) is 16.6 Å². The van der Waals surface area contributed by atoms with E-state index in [9.17, 15) is 0 Å². The van der Waals surface area contributed by atoms with Crippen molar-refractivity contribution in [3.05, 3.63) is 59.9 Å². The van der Waals surface area contributed by atoms with Crippen LogP contribution in [0.1, 0.15) is 18.7 Å². The first kappa shape index (κ1) is 18.1. The topological polar surface area (TPSA) is 85.5 Å². The number of rotatable bonds is 5. The molecule has 3 N–H and O–H groups in total. The first-order valence-electron chi connectivity index (χ1n) is 9.82. The predicted molar refractivity (Wildman–Crippen MR) is 115 cm³/mol. The molecule has 1 aromatic carbocycles. The molecule has 0 spiro atoms. The molecule has 4 aromatic rings. The molecule has 0 amide bonds. The summed E-state index contributed by atoms with van der Waals surface area (Å²) < 4.78 is 0. The van der Waals surface area contributed by atoms with Gasteiger partial charge in [-0.3, -0.25) is 4.90 Å². The second-order valence-electron chi connectivity index (χ2n) is 7.39. The highest BCUT2D eigenvalue weighted by Crippen LogP contribution is 2.32. The number of fused-ring (bicyclic) bond motifs is 1. The smallest absolute Gasteiger partial charge is 0.223 e. The van der Waals surface area contributed by atoms with Gasteiger partial charge in [-0.1, -0.05) is 29.8 Å². The van der Waals surface area contributed by atoms with Crippen molar-refractivity contribution in [1.29, 1.82) is 0 Å². The fraction of sp³-hybridized carbons (Fsp3) is 0.286. The first-order chi connectivity index (χ1) is 14.3. The van der Waals surface area contributed by atoms with Crippen molar-refractivity contribution in [2.24, 2.45) is 0 Å². The predicted octanol–water partition coefficient (Wildman–Crippen LogP) is 4.08. The van der Waals surface area contributed by atoms with Crippen molar-refractivity contribution in [3.8, 4) is 11.3 Å². The molecule has 1 aliphatic heterocycles. The maximum Gasteiger partial charge on any atom is 0.223 e. The van der Waals surface area contributed by atoms with Gasteiger partial charge in [0.1, 0.15) is 5.82 Å². The summed E-state index contributed by atoms with van der Waals surface area (Å²) in [5.41, 5.74) is 2.79. The fourth-order valence-electron chi connectivity index (χ4n) is 3.99. The largest absolute Gasteiger partial charge is 0.360 e. The highest BCUT2D eigenvalue weighted by atomic mass is 35.5. The lowest BCUT2D eigenvalue weighted by Gasteiger charge is -2.32. The van der Waals surface area contributed by atoms with Crippen molar-refractivity contribution < 1.29 is 0 Å². The Balaban J connectivity index is 1.35. The van der Waals surface area contributed by atoms with Crippen molar-refractivity contribution in [2.75, 3.05) is 18.4 Å². The monoisotopic (exact) mass is 407 g/mol. The summed E-state index contributed by atoms with van der Waals surface area (Å²) in [4.78, 5) is 22.4. The zero-order valence-electron chi connectivity index (χ0n) is 15.9. The van der Waals surface area contributed by atoms with Crippen LogP contribution in [0.2, 0.25) is 5.02 Å². The van der Waals surface area contributed by atoms with Gasteiger partial charge in [-0.05, 0) is 25.5 Å². The third-order valence-corrected chi connectivity index (χ3v) is 5.63. The van der Waals surface area contributed by atoms with E-state index >= 15 is 0 Å². The highest BCUT2D eigenvalue weighted by molar-refractivity contribution is 6.33. The van der Waals surface area contributed by atoms with E-state index in [1.807, 2.05) is 30.6 Å². The fourth-order valence-corrected chi connectivity index (χ4v) is 4.18. The van der Waals surface area contributed by atoms with Gasteiger partial charge in [-0.15, -0.1) is 0 Å². The van der Waals surface area contributed by atoms with Gasteiger partial charge in [0, 0.05) is 47.6 Å². The number of aromatic nitrogens is 5. The van der Waals surface area contributed by atoms with Crippen LogP contribution in [0, 0.1) is 0 Å². The third kappa shape index (κ3) is 3.83. The minimum absolute atomic E-state index is 0.288. The Morgan fingerprint density at radius 1 is 1.21 bits per heavy atom. The first-order valence-corrected chi connectivity index (χ1v) is 10.2. The minimum atomic E-state index is 0.288. The SMILES string of the molecule is Clc1cnc(NC2CCCN(Cc3ncc[nH]3)C2)nc1-c1c[nH]c2ccccc12. The van der Waals surface area contributed by atoms with Crippen LogP contribution in [-0.4, -0.2) is 49.0 Å². The summed E-state index contributed by atoms with van der Waals surface area (Å²) in [5, 5.41) is 5.15. The Kier molecular flexibility index (Phi) is 4.91. The number of anilines is 1. The standard InChI is InChI=1S/C21H22ClN7/c22-17-11-26-21(28-20(17)16-10-25-18-6-2-1-5-15(16)18)27-14-4-3-9-29(12-14)13-19-23-7-8-24-19/h1-2,5-8,10-11,14,25H,3-4,9,12-13H2,(H,23,24)(H,26,27,28). The molecule has 1 saturated heterocycles. The second-order valence-corrected chi connectivity index (χ2v) is 7.80. The molecule has 3 aromatic heterocycles. The zero-order chi connectivity index (χ0) is 19.6. The van der Waals surface area contributed by atoms with Crippen LogP contribution in [0.4, 0.5) is 5.95 Å². The Bertz CT molecular complexity index is 1110. The normalized spacial score (nSPS) is 17.6. The maximum absolute atomic E-state index is 6.45. The number of piperidine rings is 1. The van der Waals surface area contributed by atoms with Crippen LogP contribution in [0.5, 0.6) is 0 Å². The maximum atomic E-state index is 6.45. The summed E-state index contributed by atoms with van der Waals surface area (Å²) >= 11 is 6.45. The number of aromatic amines is 2. The molecule has 0 aliphatic carbocycles. The third-order valence-electron chi connectivity index (χ3n) is 5.36. The van der Waals surface area contributed by atoms with Gasteiger partial charge in [0.05, 0.1) is 23.5 Å². The summed E-state index contributed by atoms with van der Waals surface area (Å²) in [6.45, 7) is 2.82. The van der Waals surface area contributed by atoms with Gasteiger partial charge in [-0.25, -0.2) is 15.0 Å². The molecule has 148 valence electrons. The van der Waals surface area contributed by atoms with Crippen molar-refractivity contribution >= 4 is 28.5 Å². The molecule has 8 heteroatoms. The molecule has 0 bridgehead atoms. The molecule has 1 atom stereocenters. The highest BCUT2D eigenvalue weighted by Gasteiger charge is 2.22. The van der Waals surface area contributed by atoms with Crippen LogP contribution in [0.25, 0.3) is 22.2 Å². The Hall–Kier alpha value is -2.90. The van der Waals surface area contributed by atoms with E-state index in [0.29, 0.717) is 11.0 Å². The van der Waals surface area contributed by atoms with E-state index in [1.54, 1.807) is 12.4 Å². The molecule has 0 radical (unpaired) electrons. The van der Waals surface area contributed by atoms with E-state index < -0.39 is 0 Å². The van der Waals surface area contributed by atoms with Gasteiger partial charge in [0.2, 0.25) is 5.95 Å². The van der Waals surface area contributed by atoms with E-state index in [-0.39, 0.29) is 6.04 Å². The van der Waals surface area contributed by atoms with Crippen molar-refractivity contribution in [1.82, 2.24) is 29.8 Å². The molecule has 1 unspecified atom stereocenters. The molecule has 4 heterocycles. The Labute approximate surface area is 173 Å². The number of imidazole rings is 1. The molecular weight excluding hydrogens is 386 g/mol. The van der Waals surface area contributed by atoms with Crippen LogP contribution < -0.4 is 5.32 Å². The molecular formula is C21H22ClN7. The van der Waals surface area contributed by atoms with Crippen LogP contribution in [0.15, 0.2) is 49.1 Å². The summed E-state index contributed by atoms with van der Waals surface area (Å²) in [6, 6.07) is 8.43. The summed E-state index contributed by atoms with van der Waals surface area (Å²) in [5.74, 6) is 1.61. The van der Waals surface area contributed by atoms with Gasteiger partial charge in [0.25, 0.3) is 0 Å². The zero-order valence-corrected chi connectivity index (χ0v) is 16.7. The number of hydrogen-bond donors (Lipinski definition) is 3. The van der Waals surface area contributed by atoms with Crippen molar-refractivity contribution in [2.45, 2.75) is 25.4 Å². The molecule has 1 fully saturated rings. The van der Waals surface area contributed by atoms with Crippen LogP contribution in [0.3, 0.4) is 0 Å². The van der Waals surface area contributed by atoms with Gasteiger partial charge in [-0.2, -0.15) is 0 Å². The Morgan fingerprint density at radius 2 is 2.14 bits per heavy atom. The average Bonchev–Trinajstić information content (AvgIpc) is 3.40. The number of nitrogens with zero attached hydrogens (tertiary/aromatic N) is 4. The quantitative estimate of drug-likeness (QED) is 0.464. The lowest BCUT2D eigenvalue weighted by molar-refractivity contribution is 0.204. The van der Waals surface area contributed by atoms with E-state index in [1.165, 1.54) is 0 Å². The molecule has 7 nitrogen and oxygen atoms in total. The van der Waals surface area contributed by atoms with Gasteiger partial charge < -0.3 is 15.3 Å².